The van der Waals surface area contributed by atoms with Crippen LogP contribution in [-0.4, -0.2) is 19.7 Å². The number of ether oxygens (including phenoxy) is 1. The van der Waals surface area contributed by atoms with E-state index in [2.05, 4.69) is 44.3 Å². The molecule has 1 fully saturated rings. The summed E-state index contributed by atoms with van der Waals surface area (Å²) in [6.07, 6.45) is 6.59. The fraction of sp³-hybridized carbons (Fsp3) is 0.684. The second kappa shape index (κ2) is 7.84. The van der Waals surface area contributed by atoms with Gasteiger partial charge in [0.1, 0.15) is 5.75 Å². The van der Waals surface area contributed by atoms with Gasteiger partial charge in [-0.1, -0.05) is 44.4 Å². The Labute approximate surface area is 130 Å². The average Bonchev–Trinajstić information content (AvgIpc) is 2.48. The van der Waals surface area contributed by atoms with Gasteiger partial charge in [0.05, 0.1) is 7.11 Å². The van der Waals surface area contributed by atoms with Crippen LogP contribution in [0.2, 0.25) is 0 Å². The van der Waals surface area contributed by atoms with Gasteiger partial charge in [0.15, 0.2) is 0 Å². The molecule has 0 spiro atoms. The largest absolute Gasteiger partial charge is 0.496 e. The highest BCUT2D eigenvalue weighted by molar-refractivity contribution is 5.37. The molecule has 2 heteroatoms. The second-order valence-electron chi connectivity index (χ2n) is 6.70. The van der Waals surface area contributed by atoms with Gasteiger partial charge < -0.3 is 10.1 Å². The third-order valence-corrected chi connectivity index (χ3v) is 4.97. The quantitative estimate of drug-likeness (QED) is 0.840. The number of nitrogens with one attached hydrogen (secondary N) is 1. The number of likely N-dealkylation sites (N-methyl/N-ethyl adjacent to an activating group) is 1. The lowest BCUT2D eigenvalue weighted by Crippen LogP contribution is -2.39. The summed E-state index contributed by atoms with van der Waals surface area (Å²) in [5.41, 5.74) is 2.67. The maximum atomic E-state index is 5.56. The van der Waals surface area contributed by atoms with Crippen LogP contribution in [0.3, 0.4) is 0 Å². The summed E-state index contributed by atoms with van der Waals surface area (Å²) in [6.45, 7) is 7.81. The first-order chi connectivity index (χ1) is 10.1. The second-order valence-corrected chi connectivity index (χ2v) is 6.70. The summed E-state index contributed by atoms with van der Waals surface area (Å²) >= 11 is 0. The maximum absolute atomic E-state index is 5.56. The summed E-state index contributed by atoms with van der Waals surface area (Å²) in [7, 11) is 1.78. The molecule has 0 aliphatic heterocycles. The first-order valence-corrected chi connectivity index (χ1v) is 8.51. The highest BCUT2D eigenvalue weighted by Gasteiger charge is 2.26. The first kappa shape index (κ1) is 16.4. The number of hydrogen-bond acceptors (Lipinski definition) is 2. The molecule has 1 aliphatic carbocycles. The van der Waals surface area contributed by atoms with E-state index < -0.39 is 0 Å². The van der Waals surface area contributed by atoms with E-state index in [1.807, 2.05) is 0 Å². The molecule has 118 valence electrons. The summed E-state index contributed by atoms with van der Waals surface area (Å²) < 4.78 is 5.56. The van der Waals surface area contributed by atoms with Crippen LogP contribution in [0.1, 0.15) is 50.7 Å². The molecule has 1 unspecified atom stereocenters. The van der Waals surface area contributed by atoms with Gasteiger partial charge in [-0.15, -0.1) is 0 Å². The fourth-order valence-electron chi connectivity index (χ4n) is 3.66. The van der Waals surface area contributed by atoms with Crippen LogP contribution in [-0.2, 0) is 6.42 Å². The van der Waals surface area contributed by atoms with Gasteiger partial charge in [-0.25, -0.2) is 0 Å². The van der Waals surface area contributed by atoms with Crippen molar-refractivity contribution in [2.75, 3.05) is 13.7 Å². The van der Waals surface area contributed by atoms with Crippen molar-refractivity contribution in [3.8, 4) is 5.75 Å². The molecule has 21 heavy (non-hydrogen) atoms. The maximum Gasteiger partial charge on any atom is 0.122 e. The van der Waals surface area contributed by atoms with Gasteiger partial charge >= 0.3 is 0 Å². The van der Waals surface area contributed by atoms with Crippen molar-refractivity contribution in [2.45, 2.75) is 58.9 Å². The number of benzene rings is 1. The third-order valence-electron chi connectivity index (χ3n) is 4.97. The summed E-state index contributed by atoms with van der Waals surface area (Å²) in [6, 6.07) is 7.11. The van der Waals surface area contributed by atoms with E-state index in [9.17, 15) is 0 Å². The Hall–Kier alpha value is -1.02. The van der Waals surface area contributed by atoms with Crippen LogP contribution in [0.5, 0.6) is 5.75 Å². The van der Waals surface area contributed by atoms with E-state index in [0.717, 1.165) is 30.6 Å². The van der Waals surface area contributed by atoms with E-state index in [0.29, 0.717) is 6.04 Å². The van der Waals surface area contributed by atoms with E-state index in [4.69, 9.17) is 4.74 Å². The lowest BCUT2D eigenvalue weighted by Gasteiger charge is -2.33. The zero-order valence-corrected chi connectivity index (χ0v) is 14.1. The molecular formula is C19H31NO. The molecule has 1 aliphatic rings. The van der Waals surface area contributed by atoms with Crippen LogP contribution < -0.4 is 10.1 Å². The molecule has 2 nitrogen and oxygen atoms in total. The lowest BCUT2D eigenvalue weighted by molar-refractivity contribution is 0.229. The number of aryl methyl sites for hydroxylation is 1. The van der Waals surface area contributed by atoms with Crippen LogP contribution in [0.4, 0.5) is 0 Å². The Morgan fingerprint density at radius 3 is 2.57 bits per heavy atom. The van der Waals surface area contributed by atoms with Gasteiger partial charge in [-0.3, -0.25) is 0 Å². The van der Waals surface area contributed by atoms with Crippen molar-refractivity contribution in [3.63, 3.8) is 0 Å². The Bertz CT molecular complexity index is 435. The molecule has 1 saturated carbocycles. The van der Waals surface area contributed by atoms with E-state index in [1.54, 1.807) is 7.11 Å². The van der Waals surface area contributed by atoms with Crippen LogP contribution in [0.15, 0.2) is 18.2 Å². The monoisotopic (exact) mass is 289 g/mol. The Balaban J connectivity index is 2.10. The highest BCUT2D eigenvalue weighted by Crippen LogP contribution is 2.32. The van der Waals surface area contributed by atoms with E-state index >= 15 is 0 Å². The smallest absolute Gasteiger partial charge is 0.122 e. The Kier molecular flexibility index (Phi) is 6.10. The van der Waals surface area contributed by atoms with Crippen LogP contribution in [0.25, 0.3) is 0 Å². The predicted molar refractivity (Wildman–Crippen MR) is 90.0 cm³/mol. The minimum atomic E-state index is 0.582. The summed E-state index contributed by atoms with van der Waals surface area (Å²) in [4.78, 5) is 0. The first-order valence-electron chi connectivity index (χ1n) is 8.51. The van der Waals surface area contributed by atoms with Gasteiger partial charge in [-0.05, 0) is 56.2 Å². The molecule has 2 rings (SSSR count). The van der Waals surface area contributed by atoms with Crippen molar-refractivity contribution < 1.29 is 4.74 Å². The van der Waals surface area contributed by atoms with E-state index in [1.165, 1.54) is 36.8 Å². The molecule has 0 aromatic heterocycles. The molecule has 1 N–H and O–H groups in total. The SMILES string of the molecule is CCNC(Cc1cc(C)ccc1OC)C1CCC(C)CC1. The normalized spacial score (nSPS) is 23.8. The topological polar surface area (TPSA) is 21.3 Å². The lowest BCUT2D eigenvalue weighted by atomic mass is 9.77. The van der Waals surface area contributed by atoms with Crippen molar-refractivity contribution in [1.29, 1.82) is 0 Å². The van der Waals surface area contributed by atoms with Crippen molar-refractivity contribution in [3.05, 3.63) is 29.3 Å². The minimum Gasteiger partial charge on any atom is -0.496 e. The van der Waals surface area contributed by atoms with Gasteiger partial charge in [0, 0.05) is 6.04 Å². The van der Waals surface area contributed by atoms with Gasteiger partial charge in [-0.2, -0.15) is 0 Å². The van der Waals surface area contributed by atoms with Crippen molar-refractivity contribution in [2.24, 2.45) is 11.8 Å². The van der Waals surface area contributed by atoms with Crippen LogP contribution >= 0.6 is 0 Å². The molecule has 1 aromatic carbocycles. The fourth-order valence-corrected chi connectivity index (χ4v) is 3.66. The molecule has 0 heterocycles. The molecule has 1 aromatic rings. The van der Waals surface area contributed by atoms with Crippen molar-refractivity contribution in [1.82, 2.24) is 5.32 Å². The average molecular weight is 289 g/mol. The molecule has 0 amide bonds. The molecule has 0 bridgehead atoms. The molecular weight excluding hydrogens is 258 g/mol. The zero-order chi connectivity index (χ0) is 15.2. The number of hydrogen-bond donors (Lipinski definition) is 1. The number of methoxy groups -OCH3 is 1. The van der Waals surface area contributed by atoms with Gasteiger partial charge in [0.2, 0.25) is 0 Å². The molecule has 1 atom stereocenters. The zero-order valence-electron chi connectivity index (χ0n) is 14.1. The Morgan fingerprint density at radius 1 is 1.24 bits per heavy atom. The standard InChI is InChI=1S/C19H31NO/c1-5-20-18(16-9-6-14(2)7-10-16)13-17-12-15(3)8-11-19(17)21-4/h8,11-12,14,16,18,20H,5-7,9-10,13H2,1-4H3. The predicted octanol–water partition coefficient (Wildman–Crippen LogP) is 4.35. The van der Waals surface area contributed by atoms with Crippen LogP contribution in [0, 0.1) is 18.8 Å². The molecule has 0 saturated heterocycles. The van der Waals surface area contributed by atoms with Gasteiger partial charge in [0.25, 0.3) is 0 Å². The summed E-state index contributed by atoms with van der Waals surface area (Å²) in [5.74, 6) is 2.76. The highest BCUT2D eigenvalue weighted by atomic mass is 16.5. The van der Waals surface area contributed by atoms with E-state index in [-0.39, 0.29) is 0 Å². The van der Waals surface area contributed by atoms with Crippen molar-refractivity contribution >= 4 is 0 Å². The third kappa shape index (κ3) is 4.47. The molecule has 0 radical (unpaired) electrons. The summed E-state index contributed by atoms with van der Waals surface area (Å²) in [5, 5.41) is 3.73. The Morgan fingerprint density at radius 2 is 1.95 bits per heavy atom. The number of rotatable bonds is 6. The minimum absolute atomic E-state index is 0.582.